The standard InChI is InChI=1S/C32H22N4O3S2/c1-21-16-18-24(19-17-21)41(38,39)36-27-20-28(31(37)26-15-9-8-14-25(26)27)40-32-33-29(22-10-4-2-5-11-22)30(34-35-32)23-12-6-3-7-13-23/h2-20H,1H3. The van der Waals surface area contributed by atoms with Crippen molar-refractivity contribution in [3.8, 4) is 22.5 Å². The van der Waals surface area contributed by atoms with Gasteiger partial charge in [0, 0.05) is 22.3 Å². The number of carbonyl (C=O) groups excluding carboxylic acids is 1. The Balaban J connectivity index is 1.43. The molecule has 1 heterocycles. The van der Waals surface area contributed by atoms with Crippen molar-refractivity contribution in [3.05, 3.63) is 137 Å². The second-order valence-electron chi connectivity index (χ2n) is 9.27. The van der Waals surface area contributed by atoms with E-state index in [9.17, 15) is 13.2 Å². The van der Waals surface area contributed by atoms with Crippen molar-refractivity contribution in [2.24, 2.45) is 4.40 Å². The van der Waals surface area contributed by atoms with Crippen molar-refractivity contribution in [1.29, 1.82) is 0 Å². The summed E-state index contributed by atoms with van der Waals surface area (Å²) in [6.07, 6.45) is 1.48. The maximum Gasteiger partial charge on any atom is 0.282 e. The number of hydrogen-bond acceptors (Lipinski definition) is 7. The molecule has 0 saturated heterocycles. The molecule has 0 unspecified atom stereocenters. The lowest BCUT2D eigenvalue weighted by Crippen LogP contribution is -2.17. The van der Waals surface area contributed by atoms with E-state index in [1.807, 2.05) is 67.6 Å². The van der Waals surface area contributed by atoms with Crippen LogP contribution in [0.1, 0.15) is 21.5 Å². The second-order valence-corrected chi connectivity index (χ2v) is 11.9. The summed E-state index contributed by atoms with van der Waals surface area (Å²) in [4.78, 5) is 18.6. The molecular weight excluding hydrogens is 553 g/mol. The fraction of sp³-hybridized carbons (Fsp3) is 0.0312. The molecule has 0 fully saturated rings. The van der Waals surface area contributed by atoms with E-state index in [-0.39, 0.29) is 26.5 Å². The number of thioether (sulfide) groups is 1. The lowest BCUT2D eigenvalue weighted by molar-refractivity contribution is 0.104. The summed E-state index contributed by atoms with van der Waals surface area (Å²) in [7, 11) is -4.03. The van der Waals surface area contributed by atoms with Crippen LogP contribution in [-0.2, 0) is 10.0 Å². The van der Waals surface area contributed by atoms with Crippen molar-refractivity contribution in [2.75, 3.05) is 0 Å². The zero-order chi connectivity index (χ0) is 28.4. The molecule has 7 nitrogen and oxygen atoms in total. The number of sulfonamides is 1. The van der Waals surface area contributed by atoms with Crippen LogP contribution in [0.15, 0.2) is 135 Å². The maximum atomic E-state index is 13.5. The number of carbonyl (C=O) groups is 1. The van der Waals surface area contributed by atoms with E-state index in [0.29, 0.717) is 22.5 Å². The molecule has 0 N–H and O–H groups in total. The van der Waals surface area contributed by atoms with Gasteiger partial charge in [-0.3, -0.25) is 4.79 Å². The van der Waals surface area contributed by atoms with Gasteiger partial charge in [0.25, 0.3) is 10.0 Å². The third-order valence-electron chi connectivity index (χ3n) is 6.44. The van der Waals surface area contributed by atoms with E-state index < -0.39 is 10.0 Å². The first kappa shape index (κ1) is 26.5. The van der Waals surface area contributed by atoms with E-state index in [0.717, 1.165) is 28.5 Å². The number of allylic oxidation sites excluding steroid dienone is 2. The van der Waals surface area contributed by atoms with Crippen molar-refractivity contribution in [2.45, 2.75) is 17.0 Å². The minimum Gasteiger partial charge on any atom is -0.288 e. The summed E-state index contributed by atoms with van der Waals surface area (Å²) in [6.45, 7) is 1.88. The average Bonchev–Trinajstić information content (AvgIpc) is 3.00. The molecule has 0 bridgehead atoms. The van der Waals surface area contributed by atoms with Crippen molar-refractivity contribution < 1.29 is 13.2 Å². The smallest absolute Gasteiger partial charge is 0.282 e. The molecule has 0 atom stereocenters. The molecule has 0 aliphatic heterocycles. The number of aromatic nitrogens is 3. The van der Waals surface area contributed by atoms with Crippen LogP contribution in [-0.4, -0.2) is 35.1 Å². The molecule has 1 aliphatic rings. The van der Waals surface area contributed by atoms with Crippen LogP contribution in [0.3, 0.4) is 0 Å². The molecule has 0 radical (unpaired) electrons. The predicted molar refractivity (Wildman–Crippen MR) is 160 cm³/mol. The van der Waals surface area contributed by atoms with Gasteiger partial charge in [-0.25, -0.2) is 4.98 Å². The van der Waals surface area contributed by atoms with Crippen LogP contribution < -0.4 is 0 Å². The lowest BCUT2D eigenvalue weighted by atomic mass is 9.94. The Kier molecular flexibility index (Phi) is 7.13. The SMILES string of the molecule is Cc1ccc(S(=O)(=O)N=C2C=C(Sc3nnc(-c4ccccc4)c(-c4ccccc4)n3)C(=O)c3ccccc32)cc1. The monoisotopic (exact) mass is 574 g/mol. The molecular formula is C32H22N4O3S2. The Morgan fingerprint density at radius 2 is 1.27 bits per heavy atom. The Hall–Kier alpha value is -4.73. The van der Waals surface area contributed by atoms with Gasteiger partial charge in [-0.1, -0.05) is 103 Å². The first-order valence-electron chi connectivity index (χ1n) is 12.7. The molecule has 41 heavy (non-hydrogen) atoms. The minimum absolute atomic E-state index is 0.0733. The highest BCUT2D eigenvalue weighted by Crippen LogP contribution is 2.35. The normalized spacial score (nSPS) is 14.0. The minimum atomic E-state index is -4.03. The number of hydrogen-bond donors (Lipinski definition) is 0. The number of nitrogens with zero attached hydrogens (tertiary/aromatic N) is 4. The Morgan fingerprint density at radius 3 is 1.93 bits per heavy atom. The number of benzene rings is 4. The maximum absolute atomic E-state index is 13.5. The van der Waals surface area contributed by atoms with Crippen molar-refractivity contribution in [1.82, 2.24) is 15.2 Å². The number of rotatable bonds is 6. The molecule has 1 aromatic heterocycles. The third-order valence-corrected chi connectivity index (χ3v) is 8.62. The van der Waals surface area contributed by atoms with E-state index in [1.54, 1.807) is 36.4 Å². The Bertz CT molecular complexity index is 1940. The van der Waals surface area contributed by atoms with Crippen LogP contribution in [0, 0.1) is 6.92 Å². The quantitative estimate of drug-likeness (QED) is 0.226. The number of aryl methyl sites for hydroxylation is 1. The van der Waals surface area contributed by atoms with Gasteiger partial charge in [-0.2, -0.15) is 12.8 Å². The van der Waals surface area contributed by atoms with Crippen LogP contribution in [0.5, 0.6) is 0 Å². The molecule has 4 aromatic carbocycles. The first-order chi connectivity index (χ1) is 19.9. The van der Waals surface area contributed by atoms with Crippen LogP contribution in [0.2, 0.25) is 0 Å². The van der Waals surface area contributed by atoms with Crippen molar-refractivity contribution in [3.63, 3.8) is 0 Å². The number of Topliss-reactive ketones (excluding diaryl/α,β-unsaturated/α-hetero) is 1. The summed E-state index contributed by atoms with van der Waals surface area (Å²) >= 11 is 1.03. The first-order valence-corrected chi connectivity index (χ1v) is 15.0. The van der Waals surface area contributed by atoms with Gasteiger partial charge in [0.15, 0.2) is 0 Å². The van der Waals surface area contributed by atoms with Gasteiger partial charge in [-0.05, 0) is 36.9 Å². The molecule has 6 rings (SSSR count). The molecule has 0 saturated carbocycles. The highest BCUT2D eigenvalue weighted by Gasteiger charge is 2.28. The van der Waals surface area contributed by atoms with E-state index in [1.165, 1.54) is 18.2 Å². The Morgan fingerprint density at radius 1 is 0.683 bits per heavy atom. The number of fused-ring (bicyclic) bond motifs is 1. The second kappa shape index (κ2) is 11.0. The molecule has 1 aliphatic carbocycles. The summed E-state index contributed by atoms with van der Waals surface area (Å²) < 4.78 is 30.5. The van der Waals surface area contributed by atoms with Crippen LogP contribution >= 0.6 is 11.8 Å². The zero-order valence-electron chi connectivity index (χ0n) is 21.8. The summed E-state index contributed by atoms with van der Waals surface area (Å²) in [5, 5.41) is 9.07. The van der Waals surface area contributed by atoms with Gasteiger partial charge in [0.05, 0.1) is 15.5 Å². The predicted octanol–water partition coefficient (Wildman–Crippen LogP) is 6.56. The average molecular weight is 575 g/mol. The summed E-state index contributed by atoms with van der Waals surface area (Å²) in [6, 6.07) is 32.6. The van der Waals surface area contributed by atoms with Gasteiger partial charge in [-0.15, -0.1) is 10.2 Å². The van der Waals surface area contributed by atoms with Gasteiger partial charge in [0.1, 0.15) is 11.4 Å². The fourth-order valence-corrected chi connectivity index (χ4v) is 6.17. The van der Waals surface area contributed by atoms with Crippen LogP contribution in [0.4, 0.5) is 0 Å². The van der Waals surface area contributed by atoms with Gasteiger partial charge in [0.2, 0.25) is 10.9 Å². The van der Waals surface area contributed by atoms with E-state index in [2.05, 4.69) is 14.6 Å². The molecule has 200 valence electrons. The van der Waals surface area contributed by atoms with Crippen LogP contribution in [0.25, 0.3) is 22.5 Å². The molecule has 9 heteroatoms. The lowest BCUT2D eigenvalue weighted by Gasteiger charge is -2.17. The largest absolute Gasteiger partial charge is 0.288 e. The van der Waals surface area contributed by atoms with Gasteiger partial charge >= 0.3 is 0 Å². The fourth-order valence-electron chi connectivity index (χ4n) is 4.39. The van der Waals surface area contributed by atoms with Crippen molar-refractivity contribution >= 4 is 33.3 Å². The molecule has 5 aromatic rings. The van der Waals surface area contributed by atoms with E-state index in [4.69, 9.17) is 4.98 Å². The highest BCUT2D eigenvalue weighted by molar-refractivity contribution is 8.04. The third kappa shape index (κ3) is 5.50. The van der Waals surface area contributed by atoms with Gasteiger partial charge < -0.3 is 0 Å². The zero-order valence-corrected chi connectivity index (χ0v) is 23.4. The highest BCUT2D eigenvalue weighted by atomic mass is 32.2. The molecule has 0 spiro atoms. The van der Waals surface area contributed by atoms with E-state index >= 15 is 0 Å². The summed E-state index contributed by atoms with van der Waals surface area (Å²) in [5.74, 6) is -0.269. The molecule has 0 amide bonds. The topological polar surface area (TPSA) is 102 Å². The Labute approximate surface area is 241 Å². The number of ketones is 1. The summed E-state index contributed by atoms with van der Waals surface area (Å²) in [5.41, 5.74) is 4.85.